The number of thiol groups is 1. The Hall–Kier alpha value is 0.0100. The Morgan fingerprint density at radius 3 is 2.24 bits per heavy atom. The molecule has 0 radical (unpaired) electrons. The molecular formula is C18H34N2S. The first-order chi connectivity index (χ1) is 9.95. The highest BCUT2D eigenvalue weighted by atomic mass is 32.1. The summed E-state index contributed by atoms with van der Waals surface area (Å²) in [6, 6.07) is 0. The molecule has 0 spiro atoms. The number of piperidine rings is 1. The van der Waals surface area contributed by atoms with Gasteiger partial charge in [0.15, 0.2) is 0 Å². The van der Waals surface area contributed by atoms with Gasteiger partial charge in [0.1, 0.15) is 0 Å². The number of rotatable bonds is 6. The molecule has 0 saturated carbocycles. The van der Waals surface area contributed by atoms with Gasteiger partial charge in [-0.2, -0.15) is 12.6 Å². The molecular weight excluding hydrogens is 276 g/mol. The molecule has 2 nitrogen and oxygen atoms in total. The zero-order valence-corrected chi connectivity index (χ0v) is 15.1. The van der Waals surface area contributed by atoms with Gasteiger partial charge in [-0.25, -0.2) is 0 Å². The molecule has 21 heavy (non-hydrogen) atoms. The van der Waals surface area contributed by atoms with Gasteiger partial charge in [0.2, 0.25) is 0 Å². The number of nitrogens with zero attached hydrogens (tertiary/aromatic N) is 2. The van der Waals surface area contributed by atoms with Crippen molar-refractivity contribution in [2.75, 3.05) is 32.7 Å². The summed E-state index contributed by atoms with van der Waals surface area (Å²) >= 11 is 4.57. The van der Waals surface area contributed by atoms with Gasteiger partial charge in [-0.1, -0.05) is 26.0 Å². The van der Waals surface area contributed by atoms with Crippen molar-refractivity contribution >= 4 is 12.6 Å². The zero-order valence-electron chi connectivity index (χ0n) is 14.2. The van der Waals surface area contributed by atoms with E-state index < -0.39 is 0 Å². The highest BCUT2D eigenvalue weighted by Crippen LogP contribution is 2.30. The average Bonchev–Trinajstić information content (AvgIpc) is 2.89. The van der Waals surface area contributed by atoms with Crippen molar-refractivity contribution in [3.63, 3.8) is 0 Å². The van der Waals surface area contributed by atoms with Crippen LogP contribution in [0.4, 0.5) is 0 Å². The first-order valence-electron chi connectivity index (χ1n) is 8.77. The second kappa shape index (κ2) is 8.03. The Bertz CT molecular complexity index is 332. The summed E-state index contributed by atoms with van der Waals surface area (Å²) in [5.41, 5.74) is 1.39. The lowest BCUT2D eigenvalue weighted by Crippen LogP contribution is -2.36. The minimum atomic E-state index is 0.430. The molecule has 122 valence electrons. The predicted octanol–water partition coefficient (Wildman–Crippen LogP) is 3.90. The van der Waals surface area contributed by atoms with Gasteiger partial charge in [-0.3, -0.25) is 9.80 Å². The Kier molecular flexibility index (Phi) is 6.64. The third kappa shape index (κ3) is 5.30. The quantitative estimate of drug-likeness (QED) is 0.587. The van der Waals surface area contributed by atoms with Crippen molar-refractivity contribution in [1.82, 2.24) is 9.80 Å². The Balaban J connectivity index is 1.67. The van der Waals surface area contributed by atoms with E-state index in [1.54, 1.807) is 0 Å². The van der Waals surface area contributed by atoms with Gasteiger partial charge in [-0.05, 0) is 70.0 Å². The lowest BCUT2D eigenvalue weighted by Gasteiger charge is -2.34. The second-order valence-electron chi connectivity index (χ2n) is 7.55. The van der Waals surface area contributed by atoms with E-state index in [-0.39, 0.29) is 0 Å². The van der Waals surface area contributed by atoms with Crippen LogP contribution in [0.1, 0.15) is 46.5 Å². The zero-order chi connectivity index (χ0) is 15.4. The van der Waals surface area contributed by atoms with Crippen molar-refractivity contribution in [2.45, 2.75) is 51.8 Å². The third-order valence-electron chi connectivity index (χ3n) is 5.46. The highest BCUT2D eigenvalue weighted by molar-refractivity contribution is 7.80. The Labute approximate surface area is 137 Å². The van der Waals surface area contributed by atoms with Crippen LogP contribution in [0.3, 0.4) is 0 Å². The number of hydrogen-bond donors (Lipinski definition) is 1. The summed E-state index contributed by atoms with van der Waals surface area (Å²) in [5, 5.41) is 0.430. The number of hydrogen-bond acceptors (Lipinski definition) is 3. The fourth-order valence-corrected chi connectivity index (χ4v) is 3.93. The van der Waals surface area contributed by atoms with Crippen LogP contribution in [-0.2, 0) is 0 Å². The van der Waals surface area contributed by atoms with Gasteiger partial charge in [0.25, 0.3) is 0 Å². The molecule has 2 unspecified atom stereocenters. The van der Waals surface area contributed by atoms with Crippen LogP contribution in [0.2, 0.25) is 0 Å². The molecule has 2 atom stereocenters. The maximum Gasteiger partial charge on any atom is 0.0499 e. The fourth-order valence-electron chi connectivity index (χ4n) is 3.72. The van der Waals surface area contributed by atoms with Crippen LogP contribution in [0.25, 0.3) is 0 Å². The molecule has 0 aliphatic carbocycles. The van der Waals surface area contributed by atoms with Gasteiger partial charge in [0, 0.05) is 18.5 Å². The largest absolute Gasteiger partial charge is 0.299 e. The van der Waals surface area contributed by atoms with Crippen LogP contribution < -0.4 is 0 Å². The SMILES string of the molecule is C=C(CN1CCC(CC2CCN(C(C)S)C2)CC1)C(C)C. The first kappa shape index (κ1) is 17.4. The molecule has 3 heteroatoms. The molecule has 0 aromatic heterocycles. The molecule has 2 aliphatic rings. The molecule has 2 fully saturated rings. The van der Waals surface area contributed by atoms with Crippen molar-refractivity contribution < 1.29 is 0 Å². The molecule has 2 rings (SSSR count). The van der Waals surface area contributed by atoms with E-state index in [4.69, 9.17) is 0 Å². The third-order valence-corrected chi connectivity index (χ3v) is 5.79. The normalized spacial score (nSPS) is 27.4. The maximum atomic E-state index is 4.57. The molecule has 0 amide bonds. The van der Waals surface area contributed by atoms with Crippen molar-refractivity contribution in [2.24, 2.45) is 17.8 Å². The van der Waals surface area contributed by atoms with E-state index >= 15 is 0 Å². The summed E-state index contributed by atoms with van der Waals surface area (Å²) in [4.78, 5) is 5.13. The molecule has 0 aromatic carbocycles. The monoisotopic (exact) mass is 310 g/mol. The van der Waals surface area contributed by atoms with Crippen LogP contribution in [-0.4, -0.2) is 47.9 Å². The van der Waals surface area contributed by atoms with E-state index in [2.05, 4.69) is 49.8 Å². The van der Waals surface area contributed by atoms with E-state index in [9.17, 15) is 0 Å². The molecule has 0 N–H and O–H groups in total. The van der Waals surface area contributed by atoms with Gasteiger partial charge in [0.05, 0.1) is 0 Å². The maximum absolute atomic E-state index is 4.57. The highest BCUT2D eigenvalue weighted by Gasteiger charge is 2.28. The second-order valence-corrected chi connectivity index (χ2v) is 8.30. The summed E-state index contributed by atoms with van der Waals surface area (Å²) in [6.07, 6.45) is 5.60. The van der Waals surface area contributed by atoms with E-state index in [1.165, 1.54) is 57.4 Å². The van der Waals surface area contributed by atoms with Crippen LogP contribution in [0.15, 0.2) is 12.2 Å². The van der Waals surface area contributed by atoms with Crippen molar-refractivity contribution in [1.29, 1.82) is 0 Å². The summed E-state index contributed by atoms with van der Waals surface area (Å²) in [6.45, 7) is 17.1. The Morgan fingerprint density at radius 2 is 1.71 bits per heavy atom. The summed E-state index contributed by atoms with van der Waals surface area (Å²) < 4.78 is 0. The molecule has 2 heterocycles. The summed E-state index contributed by atoms with van der Waals surface area (Å²) in [7, 11) is 0. The predicted molar refractivity (Wildman–Crippen MR) is 95.9 cm³/mol. The molecule has 0 aromatic rings. The minimum absolute atomic E-state index is 0.430. The van der Waals surface area contributed by atoms with Crippen LogP contribution >= 0.6 is 12.6 Å². The van der Waals surface area contributed by atoms with Gasteiger partial charge < -0.3 is 0 Å². The minimum Gasteiger partial charge on any atom is -0.299 e. The van der Waals surface area contributed by atoms with E-state index in [1.807, 2.05) is 0 Å². The topological polar surface area (TPSA) is 6.48 Å². The van der Waals surface area contributed by atoms with Crippen molar-refractivity contribution in [3.05, 3.63) is 12.2 Å². The van der Waals surface area contributed by atoms with Crippen LogP contribution in [0, 0.1) is 17.8 Å². The molecule has 2 saturated heterocycles. The molecule has 0 bridgehead atoms. The lowest BCUT2D eigenvalue weighted by molar-refractivity contribution is 0.174. The first-order valence-corrected chi connectivity index (χ1v) is 9.29. The Morgan fingerprint density at radius 1 is 1.10 bits per heavy atom. The van der Waals surface area contributed by atoms with Crippen LogP contribution in [0.5, 0.6) is 0 Å². The lowest BCUT2D eigenvalue weighted by atomic mass is 9.86. The van der Waals surface area contributed by atoms with E-state index in [0.717, 1.165) is 18.4 Å². The van der Waals surface area contributed by atoms with Gasteiger partial charge >= 0.3 is 0 Å². The fraction of sp³-hybridized carbons (Fsp3) is 0.889. The summed E-state index contributed by atoms with van der Waals surface area (Å²) in [5.74, 6) is 2.49. The average molecular weight is 311 g/mol. The smallest absolute Gasteiger partial charge is 0.0499 e. The number of likely N-dealkylation sites (tertiary alicyclic amines) is 2. The van der Waals surface area contributed by atoms with Gasteiger partial charge in [-0.15, -0.1) is 0 Å². The van der Waals surface area contributed by atoms with Crippen molar-refractivity contribution in [3.8, 4) is 0 Å². The van der Waals surface area contributed by atoms with E-state index in [0.29, 0.717) is 11.3 Å². The molecule has 2 aliphatic heterocycles. The standard InChI is InChI=1S/C18H34N2S/c1-14(2)15(3)12-19-8-5-17(6-9-19)11-18-7-10-20(13-18)16(4)21/h14,16-18,21H,3,5-13H2,1-2,4H3.